The molecule has 1 atom stereocenters. The Balaban J connectivity index is 1.81. The van der Waals surface area contributed by atoms with Crippen LogP contribution < -0.4 is 15.4 Å². The first-order valence-electron chi connectivity index (χ1n) is 7.61. The lowest BCUT2D eigenvalue weighted by Crippen LogP contribution is -2.52. The SMILES string of the molecule is CNC(=O)COc1cccc2c1CN(C1CCC(=O)NC1=O)C2=O. The van der Waals surface area contributed by atoms with Crippen molar-refractivity contribution in [3.8, 4) is 5.75 Å². The Labute approximate surface area is 138 Å². The molecule has 2 N–H and O–H groups in total. The first-order valence-corrected chi connectivity index (χ1v) is 7.61. The third kappa shape index (κ3) is 2.82. The number of nitrogens with one attached hydrogen (secondary N) is 2. The molecular formula is C16H17N3O5. The van der Waals surface area contributed by atoms with Crippen LogP contribution in [0.3, 0.4) is 0 Å². The topological polar surface area (TPSA) is 105 Å². The number of nitrogens with zero attached hydrogens (tertiary/aromatic N) is 1. The molecule has 0 saturated carbocycles. The molecule has 4 amide bonds. The summed E-state index contributed by atoms with van der Waals surface area (Å²) in [6.45, 7) is 0.0594. The largest absolute Gasteiger partial charge is 0.483 e. The second kappa shape index (κ2) is 6.31. The normalized spacial score (nSPS) is 19.8. The maximum atomic E-state index is 12.6. The number of hydrogen-bond acceptors (Lipinski definition) is 5. The van der Waals surface area contributed by atoms with Crippen LogP contribution in [0.4, 0.5) is 0 Å². The first-order chi connectivity index (χ1) is 11.5. The van der Waals surface area contributed by atoms with Crippen molar-refractivity contribution < 1.29 is 23.9 Å². The molecule has 24 heavy (non-hydrogen) atoms. The molecule has 0 aliphatic carbocycles. The average molecular weight is 331 g/mol. The fourth-order valence-electron chi connectivity index (χ4n) is 2.91. The number of rotatable bonds is 4. The molecule has 2 heterocycles. The maximum Gasteiger partial charge on any atom is 0.257 e. The molecule has 2 aliphatic rings. The van der Waals surface area contributed by atoms with Crippen LogP contribution in [0.2, 0.25) is 0 Å². The number of piperidine rings is 1. The number of ether oxygens (including phenoxy) is 1. The lowest BCUT2D eigenvalue weighted by molar-refractivity contribution is -0.137. The minimum Gasteiger partial charge on any atom is -0.483 e. The van der Waals surface area contributed by atoms with E-state index in [-0.39, 0.29) is 37.3 Å². The Morgan fingerprint density at radius 1 is 1.38 bits per heavy atom. The van der Waals surface area contributed by atoms with E-state index in [4.69, 9.17) is 4.74 Å². The third-order valence-corrected chi connectivity index (χ3v) is 4.18. The van der Waals surface area contributed by atoms with Crippen molar-refractivity contribution in [2.24, 2.45) is 0 Å². The lowest BCUT2D eigenvalue weighted by atomic mass is 10.0. The van der Waals surface area contributed by atoms with Crippen LogP contribution in [0.15, 0.2) is 18.2 Å². The van der Waals surface area contributed by atoms with Gasteiger partial charge in [-0.25, -0.2) is 0 Å². The van der Waals surface area contributed by atoms with Crippen LogP contribution in [-0.4, -0.2) is 48.2 Å². The summed E-state index contributed by atoms with van der Waals surface area (Å²) in [5, 5.41) is 4.72. The summed E-state index contributed by atoms with van der Waals surface area (Å²) in [5.74, 6) is -0.890. The van der Waals surface area contributed by atoms with E-state index < -0.39 is 11.9 Å². The molecule has 0 spiro atoms. The predicted molar refractivity (Wildman–Crippen MR) is 82.0 cm³/mol. The third-order valence-electron chi connectivity index (χ3n) is 4.18. The van der Waals surface area contributed by atoms with E-state index in [0.717, 1.165) is 0 Å². The Kier molecular flexibility index (Phi) is 4.20. The van der Waals surface area contributed by atoms with E-state index in [9.17, 15) is 19.2 Å². The van der Waals surface area contributed by atoms with Crippen molar-refractivity contribution >= 4 is 23.6 Å². The first kappa shape index (κ1) is 16.0. The van der Waals surface area contributed by atoms with Crippen molar-refractivity contribution in [1.29, 1.82) is 0 Å². The van der Waals surface area contributed by atoms with Gasteiger partial charge in [-0.2, -0.15) is 0 Å². The highest BCUT2D eigenvalue weighted by Gasteiger charge is 2.40. The molecule has 0 radical (unpaired) electrons. The van der Waals surface area contributed by atoms with Crippen molar-refractivity contribution in [2.75, 3.05) is 13.7 Å². The van der Waals surface area contributed by atoms with Gasteiger partial charge in [0.2, 0.25) is 11.8 Å². The van der Waals surface area contributed by atoms with Crippen molar-refractivity contribution in [3.05, 3.63) is 29.3 Å². The Bertz CT molecular complexity index is 730. The summed E-state index contributed by atoms with van der Waals surface area (Å²) >= 11 is 0. The van der Waals surface area contributed by atoms with Crippen LogP contribution in [0.25, 0.3) is 0 Å². The van der Waals surface area contributed by atoms with Crippen LogP contribution >= 0.6 is 0 Å². The molecule has 1 saturated heterocycles. The van der Waals surface area contributed by atoms with E-state index in [2.05, 4.69) is 10.6 Å². The summed E-state index contributed by atoms with van der Waals surface area (Å²) in [6.07, 6.45) is 0.509. The highest BCUT2D eigenvalue weighted by molar-refractivity contribution is 6.05. The molecule has 8 nitrogen and oxygen atoms in total. The van der Waals surface area contributed by atoms with Crippen LogP contribution in [0.1, 0.15) is 28.8 Å². The maximum absolute atomic E-state index is 12.6. The minimum absolute atomic E-state index is 0.153. The van der Waals surface area contributed by atoms with Crippen molar-refractivity contribution in [3.63, 3.8) is 0 Å². The zero-order chi connectivity index (χ0) is 17.3. The Morgan fingerprint density at radius 3 is 2.88 bits per heavy atom. The number of carbonyl (C=O) groups is 4. The fourth-order valence-corrected chi connectivity index (χ4v) is 2.91. The summed E-state index contributed by atoms with van der Waals surface area (Å²) in [5.41, 5.74) is 1.10. The lowest BCUT2D eigenvalue weighted by Gasteiger charge is -2.29. The number of amides is 4. The van der Waals surface area contributed by atoms with Gasteiger partial charge in [0.05, 0.1) is 6.54 Å². The Morgan fingerprint density at radius 2 is 2.17 bits per heavy atom. The van der Waals surface area contributed by atoms with Gasteiger partial charge >= 0.3 is 0 Å². The van der Waals surface area contributed by atoms with Gasteiger partial charge in [-0.15, -0.1) is 0 Å². The quantitative estimate of drug-likeness (QED) is 0.729. The van der Waals surface area contributed by atoms with Gasteiger partial charge in [-0.1, -0.05) is 6.07 Å². The number of carbonyl (C=O) groups excluding carboxylic acids is 4. The van der Waals surface area contributed by atoms with Crippen molar-refractivity contribution in [2.45, 2.75) is 25.4 Å². The smallest absolute Gasteiger partial charge is 0.257 e. The minimum atomic E-state index is -0.672. The number of imide groups is 1. The molecular weight excluding hydrogens is 314 g/mol. The van der Waals surface area contributed by atoms with E-state index in [1.807, 2.05) is 0 Å². The molecule has 1 unspecified atom stereocenters. The summed E-state index contributed by atoms with van der Waals surface area (Å²) < 4.78 is 5.48. The molecule has 1 fully saturated rings. The summed E-state index contributed by atoms with van der Waals surface area (Å²) in [6, 6.07) is 4.35. The number of benzene rings is 1. The van der Waals surface area contributed by atoms with Gasteiger partial charge < -0.3 is 15.0 Å². The van der Waals surface area contributed by atoms with E-state index >= 15 is 0 Å². The van der Waals surface area contributed by atoms with Gasteiger partial charge in [-0.05, 0) is 18.6 Å². The summed E-state index contributed by atoms with van der Waals surface area (Å²) in [7, 11) is 1.51. The zero-order valence-corrected chi connectivity index (χ0v) is 13.1. The number of fused-ring (bicyclic) bond motifs is 1. The van der Waals surface area contributed by atoms with Gasteiger partial charge in [0.1, 0.15) is 11.8 Å². The second-order valence-corrected chi connectivity index (χ2v) is 5.64. The molecule has 8 heteroatoms. The molecule has 0 bridgehead atoms. The molecule has 0 aromatic heterocycles. The summed E-state index contributed by atoms with van der Waals surface area (Å²) in [4.78, 5) is 48.7. The Hall–Kier alpha value is -2.90. The van der Waals surface area contributed by atoms with Crippen LogP contribution in [0, 0.1) is 0 Å². The zero-order valence-electron chi connectivity index (χ0n) is 13.1. The number of hydrogen-bond donors (Lipinski definition) is 2. The average Bonchev–Trinajstić information content (AvgIpc) is 2.90. The second-order valence-electron chi connectivity index (χ2n) is 5.64. The van der Waals surface area contributed by atoms with Gasteiger partial charge in [0.15, 0.2) is 6.61 Å². The fraction of sp³-hybridized carbons (Fsp3) is 0.375. The highest BCUT2D eigenvalue weighted by atomic mass is 16.5. The standard InChI is InChI=1S/C16H17N3O5/c1-17-14(21)8-24-12-4-2-3-9-10(12)7-19(16(9)23)11-5-6-13(20)18-15(11)22/h2-4,11H,5-8H2,1H3,(H,17,21)(H,18,20,22). The molecule has 1 aromatic carbocycles. The number of likely N-dealkylation sites (N-methyl/N-ethyl adjacent to an activating group) is 1. The van der Waals surface area contributed by atoms with Crippen LogP contribution in [0.5, 0.6) is 5.75 Å². The van der Waals surface area contributed by atoms with Gasteiger partial charge in [0.25, 0.3) is 11.8 Å². The van der Waals surface area contributed by atoms with Crippen molar-refractivity contribution in [1.82, 2.24) is 15.5 Å². The highest BCUT2D eigenvalue weighted by Crippen LogP contribution is 2.33. The van der Waals surface area contributed by atoms with E-state index in [0.29, 0.717) is 23.3 Å². The molecule has 126 valence electrons. The van der Waals surface area contributed by atoms with Gasteiger partial charge in [-0.3, -0.25) is 24.5 Å². The molecule has 1 aromatic rings. The van der Waals surface area contributed by atoms with Crippen LogP contribution in [-0.2, 0) is 20.9 Å². The van der Waals surface area contributed by atoms with Gasteiger partial charge in [0, 0.05) is 24.6 Å². The molecule has 3 rings (SSSR count). The van der Waals surface area contributed by atoms with E-state index in [1.165, 1.54) is 11.9 Å². The van der Waals surface area contributed by atoms with E-state index in [1.54, 1.807) is 18.2 Å². The molecule has 2 aliphatic heterocycles. The monoisotopic (exact) mass is 331 g/mol. The predicted octanol–water partition coefficient (Wildman–Crippen LogP) is -0.428.